The van der Waals surface area contributed by atoms with Crippen molar-refractivity contribution in [1.82, 2.24) is 9.55 Å². The highest BCUT2D eigenvalue weighted by Gasteiger charge is 2.53. The van der Waals surface area contributed by atoms with Crippen molar-refractivity contribution in [3.8, 4) is 0 Å². The van der Waals surface area contributed by atoms with Gasteiger partial charge in [0.1, 0.15) is 12.2 Å². The number of nitrogens with one attached hydrogen (secondary N) is 1. The molecule has 1 fully saturated rings. The minimum atomic E-state index is -2.21. The van der Waals surface area contributed by atoms with Crippen LogP contribution in [0.3, 0.4) is 0 Å². The average molecular weight is 471 g/mol. The molecule has 1 aromatic heterocycles. The fraction of sp³-hybridized carbons (Fsp3) is 0.818. The van der Waals surface area contributed by atoms with E-state index in [1.807, 2.05) is 0 Å². The van der Waals surface area contributed by atoms with Crippen LogP contribution in [0.5, 0.6) is 0 Å². The zero-order valence-corrected chi connectivity index (χ0v) is 23.2. The Morgan fingerprint density at radius 3 is 1.87 bits per heavy atom. The maximum atomic E-state index is 12.6. The molecule has 1 aromatic rings. The molecule has 0 aliphatic carbocycles. The molecule has 0 aromatic carbocycles. The van der Waals surface area contributed by atoms with Crippen molar-refractivity contribution in [1.29, 1.82) is 0 Å². The highest BCUT2D eigenvalue weighted by molar-refractivity contribution is 6.74. The second-order valence-electron chi connectivity index (χ2n) is 11.7. The number of aromatic nitrogens is 2. The van der Waals surface area contributed by atoms with E-state index in [9.17, 15) is 9.59 Å². The summed E-state index contributed by atoms with van der Waals surface area (Å²) in [5.74, 6) is 0. The lowest BCUT2D eigenvalue weighted by molar-refractivity contribution is -0.0373. The van der Waals surface area contributed by atoms with Gasteiger partial charge in [-0.15, -0.1) is 0 Å². The van der Waals surface area contributed by atoms with E-state index in [0.29, 0.717) is 0 Å². The third-order valence-corrected chi connectivity index (χ3v) is 16.2. The van der Waals surface area contributed by atoms with Gasteiger partial charge >= 0.3 is 5.69 Å². The molecule has 1 saturated heterocycles. The van der Waals surface area contributed by atoms with Crippen LogP contribution in [-0.4, -0.2) is 44.5 Å². The molecule has 2 rings (SSSR count). The highest BCUT2D eigenvalue weighted by Crippen LogP contribution is 2.45. The van der Waals surface area contributed by atoms with E-state index in [0.717, 1.165) is 6.42 Å². The molecule has 4 atom stereocenters. The minimum absolute atomic E-state index is 0.0145. The van der Waals surface area contributed by atoms with Gasteiger partial charge in [-0.25, -0.2) is 4.79 Å². The van der Waals surface area contributed by atoms with Gasteiger partial charge in [-0.3, -0.25) is 14.3 Å². The Hall–Kier alpha value is -1.01. The first-order valence-electron chi connectivity index (χ1n) is 11.2. The van der Waals surface area contributed by atoms with Crippen LogP contribution in [0.1, 0.15) is 61.1 Å². The Labute approximate surface area is 188 Å². The van der Waals surface area contributed by atoms with E-state index in [4.69, 9.17) is 13.6 Å². The fourth-order valence-electron chi connectivity index (χ4n) is 3.19. The van der Waals surface area contributed by atoms with Gasteiger partial charge in [0, 0.05) is 12.3 Å². The number of nitrogens with zero attached hydrogens (tertiary/aromatic N) is 1. The van der Waals surface area contributed by atoms with E-state index in [1.54, 1.807) is 0 Å². The molecule has 0 radical (unpaired) electrons. The van der Waals surface area contributed by atoms with Crippen LogP contribution in [0.15, 0.2) is 21.9 Å². The molecule has 2 heterocycles. The minimum Gasteiger partial charge on any atom is -0.408 e. The van der Waals surface area contributed by atoms with E-state index in [1.165, 1.54) is 16.8 Å². The number of aromatic amines is 1. The van der Waals surface area contributed by atoms with Crippen LogP contribution in [0.25, 0.3) is 0 Å². The summed E-state index contributed by atoms with van der Waals surface area (Å²) < 4.78 is 21.6. The van der Waals surface area contributed by atoms with E-state index < -0.39 is 40.2 Å². The number of rotatable bonds is 6. The second kappa shape index (κ2) is 8.74. The maximum absolute atomic E-state index is 12.6. The van der Waals surface area contributed by atoms with Crippen molar-refractivity contribution in [3.05, 3.63) is 33.1 Å². The fourth-order valence-corrected chi connectivity index (χ4v) is 5.79. The van der Waals surface area contributed by atoms with Gasteiger partial charge in [-0.2, -0.15) is 0 Å². The van der Waals surface area contributed by atoms with Crippen molar-refractivity contribution in [2.75, 3.05) is 0 Å². The van der Waals surface area contributed by atoms with Gasteiger partial charge in [0.2, 0.25) is 0 Å². The summed E-state index contributed by atoms with van der Waals surface area (Å²) in [5.41, 5.74) is -0.925. The largest absolute Gasteiger partial charge is 0.408 e. The molecule has 178 valence electrons. The maximum Gasteiger partial charge on any atom is 0.330 e. The first-order chi connectivity index (χ1) is 13.9. The molecule has 1 N–H and O–H groups in total. The van der Waals surface area contributed by atoms with Crippen molar-refractivity contribution in [2.45, 2.75) is 116 Å². The first kappa shape index (κ1) is 26.2. The number of hydrogen-bond donors (Lipinski definition) is 1. The van der Waals surface area contributed by atoms with Gasteiger partial charge in [0.25, 0.3) is 5.56 Å². The first-order valence-corrected chi connectivity index (χ1v) is 17.1. The number of H-pyrrole nitrogens is 1. The van der Waals surface area contributed by atoms with Crippen molar-refractivity contribution < 1.29 is 13.6 Å². The van der Waals surface area contributed by atoms with Gasteiger partial charge in [0.15, 0.2) is 22.9 Å². The number of ether oxygens (including phenoxy) is 1. The van der Waals surface area contributed by atoms with Crippen LogP contribution in [0.2, 0.25) is 36.3 Å². The lowest BCUT2D eigenvalue weighted by Gasteiger charge is -2.44. The quantitative estimate of drug-likeness (QED) is 0.613. The lowest BCUT2D eigenvalue weighted by Crippen LogP contribution is -2.54. The summed E-state index contributed by atoms with van der Waals surface area (Å²) >= 11 is 0. The van der Waals surface area contributed by atoms with Crippen LogP contribution < -0.4 is 11.2 Å². The van der Waals surface area contributed by atoms with Crippen LogP contribution in [0.4, 0.5) is 0 Å². The predicted octanol–water partition coefficient (Wildman–Crippen LogP) is 4.62. The third-order valence-electron chi connectivity index (χ3n) is 7.29. The predicted molar refractivity (Wildman–Crippen MR) is 130 cm³/mol. The van der Waals surface area contributed by atoms with Crippen molar-refractivity contribution in [2.24, 2.45) is 0 Å². The topological polar surface area (TPSA) is 82.6 Å². The van der Waals surface area contributed by atoms with Gasteiger partial charge in [-0.1, -0.05) is 48.5 Å². The Kier molecular flexibility index (Phi) is 7.40. The smallest absolute Gasteiger partial charge is 0.330 e. The molecule has 31 heavy (non-hydrogen) atoms. The molecule has 0 amide bonds. The van der Waals surface area contributed by atoms with E-state index in [2.05, 4.69) is 79.6 Å². The molecule has 0 bridgehead atoms. The molecule has 1 aliphatic heterocycles. The monoisotopic (exact) mass is 470 g/mol. The number of hydrogen-bond acceptors (Lipinski definition) is 5. The zero-order valence-electron chi connectivity index (χ0n) is 21.2. The molecule has 9 heteroatoms. The van der Waals surface area contributed by atoms with Crippen molar-refractivity contribution in [3.63, 3.8) is 0 Å². The summed E-state index contributed by atoms with van der Waals surface area (Å²) in [6.07, 6.45) is 0.652. The SMILES string of the molecule is CC[C@H]1O[C@@H](n2ccc(=O)[nH]c2=O)[C@H](O[Si](C)(C)C(C)(C)C)[C@@H]1O[Si](C)(C)C(C)(C)C. The molecular weight excluding hydrogens is 428 g/mol. The van der Waals surface area contributed by atoms with E-state index >= 15 is 0 Å². The van der Waals surface area contributed by atoms with Crippen molar-refractivity contribution >= 4 is 16.6 Å². The Balaban J connectivity index is 2.57. The summed E-state index contributed by atoms with van der Waals surface area (Å²) in [6.45, 7) is 24.1. The normalized spacial score (nSPS) is 25.8. The standard InChI is InChI=1S/C22H42N2O5Si2/c1-12-15-17(28-30(8,9)21(2,3)4)18(29-31(10,11)22(5,6)7)19(27-15)24-14-13-16(25)23-20(24)26/h13-15,17-19H,12H2,1-11H3,(H,23,25,26)/t15-,17-,18-,19-/m1/s1. The molecule has 7 nitrogen and oxygen atoms in total. The Morgan fingerprint density at radius 2 is 1.45 bits per heavy atom. The summed E-state index contributed by atoms with van der Waals surface area (Å²) in [4.78, 5) is 26.6. The molecule has 0 unspecified atom stereocenters. The van der Waals surface area contributed by atoms with Gasteiger partial charge < -0.3 is 13.6 Å². The lowest BCUT2D eigenvalue weighted by atomic mass is 10.1. The van der Waals surface area contributed by atoms with Gasteiger partial charge in [0.05, 0.1) is 6.10 Å². The van der Waals surface area contributed by atoms with Crippen LogP contribution in [0, 0.1) is 0 Å². The molecule has 0 saturated carbocycles. The van der Waals surface area contributed by atoms with Gasteiger partial charge in [-0.05, 0) is 42.7 Å². The molecule has 0 spiro atoms. The highest BCUT2D eigenvalue weighted by atomic mass is 28.4. The molecule has 1 aliphatic rings. The van der Waals surface area contributed by atoms with Crippen LogP contribution >= 0.6 is 0 Å². The second-order valence-corrected chi connectivity index (χ2v) is 21.2. The molecular formula is C22H42N2O5Si2. The third kappa shape index (κ3) is 5.50. The Morgan fingerprint density at radius 1 is 0.968 bits per heavy atom. The average Bonchev–Trinajstić information content (AvgIpc) is 2.89. The summed E-state index contributed by atoms with van der Waals surface area (Å²) in [5, 5.41) is 0.0130. The zero-order chi connectivity index (χ0) is 24.0. The summed E-state index contributed by atoms with van der Waals surface area (Å²) in [7, 11) is -4.34. The Bertz CT molecular complexity index is 879. The van der Waals surface area contributed by atoms with E-state index in [-0.39, 0.29) is 22.3 Å². The summed E-state index contributed by atoms with van der Waals surface area (Å²) in [6, 6.07) is 1.34. The van der Waals surface area contributed by atoms with Crippen LogP contribution in [-0.2, 0) is 13.6 Å².